The number of aryl methyl sites for hydroxylation is 1. The number of fused-ring (bicyclic) bond motifs is 1. The first-order valence-electron chi connectivity index (χ1n) is 8.28. The number of aliphatic hydroxyl groups excluding tert-OH is 1. The van der Waals surface area contributed by atoms with E-state index >= 15 is 0 Å². The van der Waals surface area contributed by atoms with Gasteiger partial charge in [-0.2, -0.15) is 0 Å². The van der Waals surface area contributed by atoms with Crippen molar-refractivity contribution >= 4 is 5.91 Å². The molecule has 2 heterocycles. The molecule has 1 saturated carbocycles. The Morgan fingerprint density at radius 2 is 2.21 bits per heavy atom. The summed E-state index contributed by atoms with van der Waals surface area (Å²) in [6, 6.07) is 7.54. The molecular formula is C18H20N2O4. The molecule has 126 valence electrons. The van der Waals surface area contributed by atoms with Crippen molar-refractivity contribution in [2.45, 2.75) is 38.3 Å². The maximum Gasteiger partial charge on any atom is 0.273 e. The molecule has 0 saturated heterocycles. The molecule has 1 aliphatic carbocycles. The molecule has 2 aliphatic rings. The van der Waals surface area contributed by atoms with Gasteiger partial charge >= 0.3 is 0 Å². The SMILES string of the molecule is Cc1cc(C(=O)NC(c2ccc3c(c2)CCO3)C2CC(O)C2)no1. The summed E-state index contributed by atoms with van der Waals surface area (Å²) >= 11 is 0. The van der Waals surface area contributed by atoms with E-state index in [1.54, 1.807) is 13.0 Å². The number of nitrogens with zero attached hydrogens (tertiary/aromatic N) is 1. The van der Waals surface area contributed by atoms with Crippen LogP contribution in [0.4, 0.5) is 0 Å². The molecule has 4 rings (SSSR count). The lowest BCUT2D eigenvalue weighted by Gasteiger charge is -2.38. The van der Waals surface area contributed by atoms with Gasteiger partial charge < -0.3 is 19.7 Å². The second-order valence-electron chi connectivity index (χ2n) is 6.62. The van der Waals surface area contributed by atoms with Crippen LogP contribution in [-0.4, -0.2) is 28.9 Å². The highest BCUT2D eigenvalue weighted by molar-refractivity contribution is 5.92. The van der Waals surface area contributed by atoms with Crippen LogP contribution in [0.2, 0.25) is 0 Å². The number of benzene rings is 1. The lowest BCUT2D eigenvalue weighted by Crippen LogP contribution is -2.41. The van der Waals surface area contributed by atoms with Crippen LogP contribution in [0.5, 0.6) is 5.75 Å². The standard InChI is InChI=1S/C18H20N2O4/c1-10-6-15(20-24-10)18(22)19-17(13-8-14(21)9-13)12-2-3-16-11(7-12)4-5-23-16/h2-3,6-7,13-14,17,21H,4-5,8-9H2,1H3,(H,19,22). The molecule has 1 aliphatic heterocycles. The van der Waals surface area contributed by atoms with E-state index in [-0.39, 0.29) is 29.7 Å². The summed E-state index contributed by atoms with van der Waals surface area (Å²) in [6.07, 6.45) is 1.99. The number of rotatable bonds is 4. The molecule has 1 aromatic heterocycles. The summed E-state index contributed by atoms with van der Waals surface area (Å²) in [5.74, 6) is 1.49. The molecule has 24 heavy (non-hydrogen) atoms. The second kappa shape index (κ2) is 5.94. The Kier molecular flexibility index (Phi) is 3.76. The molecule has 1 amide bonds. The van der Waals surface area contributed by atoms with Gasteiger partial charge in [-0.25, -0.2) is 0 Å². The van der Waals surface area contributed by atoms with Crippen LogP contribution in [0.1, 0.15) is 46.3 Å². The van der Waals surface area contributed by atoms with Crippen molar-refractivity contribution < 1.29 is 19.2 Å². The van der Waals surface area contributed by atoms with Gasteiger partial charge in [0.05, 0.1) is 18.8 Å². The Bertz CT molecular complexity index is 764. The van der Waals surface area contributed by atoms with Crippen molar-refractivity contribution in [3.8, 4) is 5.75 Å². The minimum absolute atomic E-state index is 0.149. The topological polar surface area (TPSA) is 84.6 Å². The molecule has 0 bridgehead atoms. The monoisotopic (exact) mass is 328 g/mol. The van der Waals surface area contributed by atoms with Crippen molar-refractivity contribution in [2.75, 3.05) is 6.61 Å². The zero-order chi connectivity index (χ0) is 16.7. The Balaban J connectivity index is 1.58. The Morgan fingerprint density at radius 3 is 2.92 bits per heavy atom. The molecular weight excluding hydrogens is 308 g/mol. The predicted molar refractivity (Wildman–Crippen MR) is 85.8 cm³/mol. The third kappa shape index (κ3) is 2.78. The molecule has 6 heteroatoms. The molecule has 1 unspecified atom stereocenters. The smallest absolute Gasteiger partial charge is 0.273 e. The minimum Gasteiger partial charge on any atom is -0.493 e. The summed E-state index contributed by atoms with van der Waals surface area (Å²) in [5.41, 5.74) is 2.50. The number of hydrogen-bond acceptors (Lipinski definition) is 5. The highest BCUT2D eigenvalue weighted by Gasteiger charge is 2.36. The Labute approximate surface area is 139 Å². The third-order valence-electron chi connectivity index (χ3n) is 4.84. The van der Waals surface area contributed by atoms with Gasteiger partial charge in [0.1, 0.15) is 11.5 Å². The van der Waals surface area contributed by atoms with Gasteiger partial charge in [0.25, 0.3) is 5.91 Å². The summed E-state index contributed by atoms with van der Waals surface area (Å²) < 4.78 is 10.5. The van der Waals surface area contributed by atoms with Crippen LogP contribution < -0.4 is 10.1 Å². The molecule has 2 aromatic rings. The van der Waals surface area contributed by atoms with Gasteiger partial charge in [-0.05, 0) is 48.9 Å². The van der Waals surface area contributed by atoms with E-state index in [1.165, 1.54) is 5.56 Å². The molecule has 1 aromatic carbocycles. The first-order valence-corrected chi connectivity index (χ1v) is 8.28. The predicted octanol–water partition coefficient (Wildman–Crippen LogP) is 2.16. The fraction of sp³-hybridized carbons (Fsp3) is 0.444. The zero-order valence-corrected chi connectivity index (χ0v) is 13.5. The average molecular weight is 328 g/mol. The number of carbonyl (C=O) groups excluding carboxylic acids is 1. The first kappa shape index (κ1) is 15.2. The maximum absolute atomic E-state index is 12.5. The van der Waals surface area contributed by atoms with Gasteiger partial charge in [-0.3, -0.25) is 4.79 Å². The normalized spacial score (nSPS) is 23.1. The number of ether oxygens (including phenoxy) is 1. The largest absolute Gasteiger partial charge is 0.493 e. The lowest BCUT2D eigenvalue weighted by atomic mass is 9.75. The molecule has 1 fully saturated rings. The lowest BCUT2D eigenvalue weighted by molar-refractivity contribution is 0.0234. The van der Waals surface area contributed by atoms with Gasteiger partial charge in [-0.15, -0.1) is 0 Å². The first-order chi connectivity index (χ1) is 11.6. The van der Waals surface area contributed by atoms with Crippen LogP contribution in [0.15, 0.2) is 28.8 Å². The second-order valence-corrected chi connectivity index (χ2v) is 6.62. The zero-order valence-electron chi connectivity index (χ0n) is 13.5. The highest BCUT2D eigenvalue weighted by Crippen LogP contribution is 2.39. The van der Waals surface area contributed by atoms with E-state index in [0.717, 1.165) is 17.7 Å². The number of aliphatic hydroxyl groups is 1. The van der Waals surface area contributed by atoms with Crippen molar-refractivity contribution in [2.24, 2.45) is 5.92 Å². The summed E-state index contributed by atoms with van der Waals surface area (Å²) in [7, 11) is 0. The van der Waals surface area contributed by atoms with Crippen LogP contribution in [0.25, 0.3) is 0 Å². The van der Waals surface area contributed by atoms with Crippen LogP contribution in [0, 0.1) is 12.8 Å². The van der Waals surface area contributed by atoms with E-state index < -0.39 is 0 Å². The molecule has 0 radical (unpaired) electrons. The van der Waals surface area contributed by atoms with Gasteiger partial charge in [0.15, 0.2) is 5.69 Å². The molecule has 0 spiro atoms. The molecule has 1 atom stereocenters. The minimum atomic E-state index is -0.276. The number of carbonyl (C=O) groups is 1. The Hall–Kier alpha value is -2.34. The van der Waals surface area contributed by atoms with E-state index in [2.05, 4.69) is 16.5 Å². The van der Waals surface area contributed by atoms with Crippen molar-refractivity contribution in [1.29, 1.82) is 0 Å². The quantitative estimate of drug-likeness (QED) is 0.898. The molecule has 2 N–H and O–H groups in total. The fourth-order valence-corrected chi connectivity index (χ4v) is 3.46. The summed E-state index contributed by atoms with van der Waals surface area (Å²) in [5, 5.41) is 16.5. The number of hydrogen-bond donors (Lipinski definition) is 2. The summed E-state index contributed by atoms with van der Waals surface area (Å²) in [4.78, 5) is 12.5. The van der Waals surface area contributed by atoms with Crippen LogP contribution in [0.3, 0.4) is 0 Å². The van der Waals surface area contributed by atoms with E-state index in [9.17, 15) is 9.90 Å². The highest BCUT2D eigenvalue weighted by atomic mass is 16.5. The average Bonchev–Trinajstić information content (AvgIpc) is 3.17. The van der Waals surface area contributed by atoms with Gasteiger partial charge in [0, 0.05) is 12.5 Å². The Morgan fingerprint density at radius 1 is 1.38 bits per heavy atom. The number of amides is 1. The maximum atomic E-state index is 12.5. The van der Waals surface area contributed by atoms with Crippen molar-refractivity contribution in [3.63, 3.8) is 0 Å². The van der Waals surface area contributed by atoms with Crippen molar-refractivity contribution in [3.05, 3.63) is 46.8 Å². The van der Waals surface area contributed by atoms with Gasteiger partial charge in [-0.1, -0.05) is 11.2 Å². The van der Waals surface area contributed by atoms with Crippen molar-refractivity contribution in [1.82, 2.24) is 10.5 Å². The van der Waals surface area contributed by atoms with E-state index in [4.69, 9.17) is 9.26 Å². The van der Waals surface area contributed by atoms with Crippen LogP contribution in [-0.2, 0) is 6.42 Å². The van der Waals surface area contributed by atoms with E-state index in [0.29, 0.717) is 25.2 Å². The summed E-state index contributed by atoms with van der Waals surface area (Å²) in [6.45, 7) is 2.46. The van der Waals surface area contributed by atoms with E-state index in [1.807, 2.05) is 12.1 Å². The fourth-order valence-electron chi connectivity index (χ4n) is 3.46. The molecule has 6 nitrogen and oxygen atoms in total. The van der Waals surface area contributed by atoms with Crippen LogP contribution >= 0.6 is 0 Å². The van der Waals surface area contributed by atoms with Gasteiger partial charge in [0.2, 0.25) is 0 Å². The number of aromatic nitrogens is 1. The number of nitrogens with one attached hydrogen (secondary N) is 1. The third-order valence-corrected chi connectivity index (χ3v) is 4.84.